The average Bonchev–Trinajstić information content (AvgIpc) is 2.58. The van der Waals surface area contributed by atoms with Crippen molar-refractivity contribution >= 4 is 12.9 Å². The van der Waals surface area contributed by atoms with Crippen LogP contribution in [0.25, 0.3) is 11.1 Å². The van der Waals surface area contributed by atoms with Gasteiger partial charge in [-0.25, -0.2) is 0 Å². The Balaban J connectivity index is 0.000000174. The van der Waals surface area contributed by atoms with Crippen LogP contribution in [0, 0.1) is 0 Å². The highest BCUT2D eigenvalue weighted by Gasteiger charge is 2.21. The van der Waals surface area contributed by atoms with Crippen LogP contribution >= 0.6 is 7.60 Å². The third kappa shape index (κ3) is 4.96. The molecule has 0 aliphatic rings. The average molecular weight is 344 g/mol. The molecule has 0 fully saturated rings. The van der Waals surface area contributed by atoms with Crippen LogP contribution in [0.4, 0.5) is 0 Å². The molecule has 24 heavy (non-hydrogen) atoms. The largest absolute Gasteiger partial charge is 0.508 e. The van der Waals surface area contributed by atoms with Gasteiger partial charge in [-0.2, -0.15) is 0 Å². The molecule has 0 radical (unpaired) electrons. The van der Waals surface area contributed by atoms with Gasteiger partial charge in [0.2, 0.25) is 0 Å². The minimum absolute atomic E-state index is 0.300. The SMILES string of the molecule is O=P(O)(O)c1cc(O)ccc1O.c1ccc(-c2ccccc2)cc1. The van der Waals surface area contributed by atoms with E-state index in [1.54, 1.807) is 0 Å². The molecule has 3 aromatic carbocycles. The van der Waals surface area contributed by atoms with Crippen LogP contribution in [0.5, 0.6) is 11.5 Å². The minimum atomic E-state index is -4.49. The highest BCUT2D eigenvalue weighted by molar-refractivity contribution is 7.60. The molecule has 0 aliphatic heterocycles. The lowest BCUT2D eigenvalue weighted by Crippen LogP contribution is -2.03. The molecule has 0 saturated heterocycles. The molecular formula is C18H17O5P. The van der Waals surface area contributed by atoms with E-state index < -0.39 is 18.6 Å². The Morgan fingerprint density at radius 2 is 1.12 bits per heavy atom. The fourth-order valence-corrected chi connectivity index (χ4v) is 2.68. The van der Waals surface area contributed by atoms with Gasteiger partial charge in [-0.1, -0.05) is 60.7 Å². The summed E-state index contributed by atoms with van der Waals surface area (Å²) in [4.78, 5) is 17.3. The highest BCUT2D eigenvalue weighted by atomic mass is 31.2. The number of benzene rings is 3. The van der Waals surface area contributed by atoms with Crippen molar-refractivity contribution in [3.05, 3.63) is 78.9 Å². The summed E-state index contributed by atoms with van der Waals surface area (Å²) in [5.41, 5.74) is 2.55. The van der Waals surface area contributed by atoms with E-state index >= 15 is 0 Å². The molecule has 0 bridgehead atoms. The Labute approximate surface area is 139 Å². The zero-order valence-corrected chi connectivity index (χ0v) is 13.5. The molecule has 0 aliphatic carbocycles. The topological polar surface area (TPSA) is 98.0 Å². The lowest BCUT2D eigenvalue weighted by atomic mass is 10.1. The van der Waals surface area contributed by atoms with E-state index in [0.29, 0.717) is 0 Å². The fraction of sp³-hybridized carbons (Fsp3) is 0. The van der Waals surface area contributed by atoms with Crippen molar-refractivity contribution in [2.75, 3.05) is 0 Å². The Morgan fingerprint density at radius 3 is 1.50 bits per heavy atom. The van der Waals surface area contributed by atoms with Gasteiger partial charge < -0.3 is 20.0 Å². The van der Waals surface area contributed by atoms with Crippen LogP contribution in [0.15, 0.2) is 78.9 Å². The monoisotopic (exact) mass is 344 g/mol. The van der Waals surface area contributed by atoms with Crippen molar-refractivity contribution in [1.29, 1.82) is 0 Å². The van der Waals surface area contributed by atoms with Gasteiger partial charge in [0, 0.05) is 0 Å². The Morgan fingerprint density at radius 1 is 0.667 bits per heavy atom. The van der Waals surface area contributed by atoms with Crippen LogP contribution in [0.1, 0.15) is 0 Å². The van der Waals surface area contributed by atoms with Gasteiger partial charge in [0.05, 0.1) is 0 Å². The van der Waals surface area contributed by atoms with E-state index in [2.05, 4.69) is 48.5 Å². The molecule has 0 spiro atoms. The lowest BCUT2D eigenvalue weighted by molar-refractivity contribution is 0.384. The van der Waals surface area contributed by atoms with E-state index in [0.717, 1.165) is 18.2 Å². The first-order valence-corrected chi connectivity index (χ1v) is 8.68. The second-order valence-electron chi connectivity index (χ2n) is 4.95. The molecule has 5 nitrogen and oxygen atoms in total. The van der Waals surface area contributed by atoms with Crippen molar-refractivity contribution in [2.24, 2.45) is 0 Å². The van der Waals surface area contributed by atoms with E-state index in [1.807, 2.05) is 12.1 Å². The molecule has 124 valence electrons. The van der Waals surface area contributed by atoms with Crippen LogP contribution in [-0.4, -0.2) is 20.0 Å². The third-order valence-corrected chi connectivity index (χ3v) is 4.14. The van der Waals surface area contributed by atoms with Crippen molar-refractivity contribution in [1.82, 2.24) is 0 Å². The van der Waals surface area contributed by atoms with Gasteiger partial charge in [0.15, 0.2) is 0 Å². The smallest absolute Gasteiger partial charge is 0.360 e. The number of phenolic OH excluding ortho intramolecular Hbond substituents is 2. The Hall–Kier alpha value is -2.59. The molecule has 0 aromatic heterocycles. The maximum absolute atomic E-state index is 10.6. The second kappa shape index (κ2) is 7.79. The maximum Gasteiger partial charge on any atom is 0.360 e. The molecule has 6 heteroatoms. The summed E-state index contributed by atoms with van der Waals surface area (Å²) < 4.78 is 10.6. The van der Waals surface area contributed by atoms with Gasteiger partial charge >= 0.3 is 7.60 Å². The number of hydrogen-bond acceptors (Lipinski definition) is 3. The molecule has 0 saturated carbocycles. The van der Waals surface area contributed by atoms with Crippen molar-refractivity contribution in [3.63, 3.8) is 0 Å². The summed E-state index contributed by atoms with van der Waals surface area (Å²) in [6.07, 6.45) is 0. The van der Waals surface area contributed by atoms with Crippen LogP contribution in [-0.2, 0) is 4.57 Å². The molecule has 0 unspecified atom stereocenters. The van der Waals surface area contributed by atoms with Crippen molar-refractivity contribution in [3.8, 4) is 22.6 Å². The van der Waals surface area contributed by atoms with Crippen molar-refractivity contribution < 1.29 is 24.6 Å². The van der Waals surface area contributed by atoms with Gasteiger partial charge in [0.1, 0.15) is 16.8 Å². The Kier molecular flexibility index (Phi) is 5.77. The quantitative estimate of drug-likeness (QED) is 0.423. The standard InChI is InChI=1S/C12H10.C6H7O5P/c1-3-7-11(8-4-1)12-9-5-2-6-10-12;7-4-1-2-5(8)6(3-4)12(9,10)11/h1-10H;1-3,7-8H,(H2,9,10,11). The first-order chi connectivity index (χ1) is 11.4. The number of phenols is 2. The summed E-state index contributed by atoms with van der Waals surface area (Å²) in [7, 11) is -4.49. The van der Waals surface area contributed by atoms with Gasteiger partial charge in [-0.15, -0.1) is 0 Å². The molecular weight excluding hydrogens is 327 g/mol. The third-order valence-electron chi connectivity index (χ3n) is 3.15. The molecule has 0 heterocycles. The van der Waals surface area contributed by atoms with Gasteiger partial charge in [-0.05, 0) is 29.3 Å². The molecule has 4 N–H and O–H groups in total. The van der Waals surface area contributed by atoms with Crippen LogP contribution < -0.4 is 5.30 Å². The molecule has 0 atom stereocenters. The van der Waals surface area contributed by atoms with Gasteiger partial charge in [-0.3, -0.25) is 4.57 Å². The predicted octanol–water partition coefficient (Wildman–Crippen LogP) is 3.25. The minimum Gasteiger partial charge on any atom is -0.508 e. The summed E-state index contributed by atoms with van der Waals surface area (Å²) in [5.74, 6) is -0.827. The number of aromatic hydroxyl groups is 2. The predicted molar refractivity (Wildman–Crippen MR) is 93.3 cm³/mol. The van der Waals surface area contributed by atoms with Crippen molar-refractivity contribution in [2.45, 2.75) is 0 Å². The first kappa shape index (κ1) is 17.8. The van der Waals surface area contributed by atoms with Gasteiger partial charge in [0.25, 0.3) is 0 Å². The lowest BCUT2D eigenvalue weighted by Gasteiger charge is -2.05. The number of hydrogen-bond donors (Lipinski definition) is 4. The zero-order chi connectivity index (χ0) is 17.6. The zero-order valence-electron chi connectivity index (χ0n) is 12.6. The molecule has 3 rings (SSSR count). The maximum atomic E-state index is 10.6. The summed E-state index contributed by atoms with van der Waals surface area (Å²) in [6.45, 7) is 0. The van der Waals surface area contributed by atoms with Crippen LogP contribution in [0.2, 0.25) is 0 Å². The van der Waals surface area contributed by atoms with Crippen LogP contribution in [0.3, 0.4) is 0 Å². The summed E-state index contributed by atoms with van der Waals surface area (Å²) >= 11 is 0. The summed E-state index contributed by atoms with van der Waals surface area (Å²) in [5, 5.41) is 17.2. The fourth-order valence-electron chi connectivity index (χ4n) is 2.01. The normalized spacial score (nSPS) is 10.6. The number of rotatable bonds is 2. The highest BCUT2D eigenvalue weighted by Crippen LogP contribution is 2.37. The second-order valence-corrected chi connectivity index (χ2v) is 6.52. The van der Waals surface area contributed by atoms with E-state index in [1.165, 1.54) is 11.1 Å². The first-order valence-electron chi connectivity index (χ1n) is 7.06. The van der Waals surface area contributed by atoms with E-state index in [4.69, 9.17) is 20.0 Å². The van der Waals surface area contributed by atoms with E-state index in [9.17, 15) is 4.57 Å². The molecule has 0 amide bonds. The van der Waals surface area contributed by atoms with E-state index in [-0.39, 0.29) is 5.75 Å². The summed E-state index contributed by atoms with van der Waals surface area (Å²) in [6, 6.07) is 23.8. The molecule has 3 aromatic rings. The Bertz CT molecular complexity index is 791.